The van der Waals surface area contributed by atoms with Crippen molar-refractivity contribution in [3.05, 3.63) is 46.0 Å². The van der Waals surface area contributed by atoms with Crippen molar-refractivity contribution in [1.29, 1.82) is 0 Å². The van der Waals surface area contributed by atoms with Gasteiger partial charge in [0.2, 0.25) is 5.91 Å². The molecule has 0 saturated carbocycles. The predicted molar refractivity (Wildman–Crippen MR) is 104 cm³/mol. The van der Waals surface area contributed by atoms with Gasteiger partial charge in [-0.05, 0) is 30.7 Å². The van der Waals surface area contributed by atoms with Gasteiger partial charge < -0.3 is 10.6 Å². The van der Waals surface area contributed by atoms with E-state index < -0.39 is 17.3 Å². The molecule has 0 atom stereocenters. The van der Waals surface area contributed by atoms with Crippen molar-refractivity contribution >= 4 is 35.1 Å². The second-order valence-electron chi connectivity index (χ2n) is 5.66. The van der Waals surface area contributed by atoms with Crippen molar-refractivity contribution in [2.75, 3.05) is 16.4 Å². The van der Waals surface area contributed by atoms with Gasteiger partial charge in [-0.15, -0.1) is 0 Å². The van der Waals surface area contributed by atoms with Crippen LogP contribution < -0.4 is 16.2 Å². The Morgan fingerprint density at radius 3 is 2.52 bits per heavy atom. The largest absolute Gasteiger partial charge is 0.314 e. The molecule has 7 nitrogen and oxygen atoms in total. The van der Waals surface area contributed by atoms with E-state index >= 15 is 0 Å². The Hall–Kier alpha value is -2.68. The van der Waals surface area contributed by atoms with E-state index in [2.05, 4.69) is 27.5 Å². The number of benzene rings is 1. The summed E-state index contributed by atoms with van der Waals surface area (Å²) in [6.45, 7) is 3.72. The third-order valence-electron chi connectivity index (χ3n) is 3.56. The minimum Gasteiger partial charge on any atom is -0.314 e. The lowest BCUT2D eigenvalue weighted by atomic mass is 10.2. The summed E-state index contributed by atoms with van der Waals surface area (Å²) in [4.78, 5) is 43.4. The zero-order valence-corrected chi connectivity index (χ0v) is 15.9. The van der Waals surface area contributed by atoms with Gasteiger partial charge in [0, 0.05) is 17.7 Å². The lowest BCUT2D eigenvalue weighted by molar-refractivity contribution is -0.115. The molecule has 0 aliphatic carbocycles. The molecule has 144 valence electrons. The van der Waals surface area contributed by atoms with Crippen LogP contribution in [0.3, 0.4) is 0 Å². The van der Waals surface area contributed by atoms with Crippen LogP contribution in [0, 0.1) is 5.82 Å². The number of aromatic nitrogens is 2. The molecule has 3 N–H and O–H groups in total. The van der Waals surface area contributed by atoms with E-state index in [0.29, 0.717) is 5.16 Å². The molecule has 0 spiro atoms. The highest BCUT2D eigenvalue weighted by molar-refractivity contribution is 7.99. The molecule has 2 rings (SSSR count). The summed E-state index contributed by atoms with van der Waals surface area (Å²) < 4.78 is 13.0. The molecule has 1 heterocycles. The summed E-state index contributed by atoms with van der Waals surface area (Å²) >= 11 is 1.36. The molecule has 1 aromatic heterocycles. The highest BCUT2D eigenvalue weighted by Gasteiger charge is 2.17. The third kappa shape index (κ3) is 5.92. The van der Waals surface area contributed by atoms with E-state index in [9.17, 15) is 18.8 Å². The van der Waals surface area contributed by atoms with E-state index in [4.69, 9.17) is 0 Å². The first-order valence-electron chi connectivity index (χ1n) is 8.58. The van der Waals surface area contributed by atoms with Crippen LogP contribution in [0.1, 0.15) is 43.5 Å². The van der Waals surface area contributed by atoms with Gasteiger partial charge in [-0.2, -0.15) is 0 Å². The van der Waals surface area contributed by atoms with E-state index in [1.165, 1.54) is 23.9 Å². The van der Waals surface area contributed by atoms with Gasteiger partial charge in [0.05, 0.1) is 0 Å². The molecule has 0 saturated heterocycles. The number of anilines is 2. The number of aromatic amines is 1. The minimum absolute atomic E-state index is 0.0138. The van der Waals surface area contributed by atoms with Gasteiger partial charge in [0.15, 0.2) is 16.7 Å². The topological polar surface area (TPSA) is 104 Å². The first-order chi connectivity index (χ1) is 12.9. The van der Waals surface area contributed by atoms with Crippen molar-refractivity contribution in [2.45, 2.75) is 38.3 Å². The Labute approximate surface area is 160 Å². The number of thioether (sulfide) groups is 1. The molecule has 0 aliphatic rings. The standard InChI is InChI=1S/C18H21FN4O3S/c1-3-5-10-27-18-22-15(20-13(24)4-2)14(17(26)23-18)21-16(25)11-6-8-12(19)9-7-11/h6-9H,3-5,10H2,1-2H3,(H,21,25)(H2,20,22,23,24,26). The maximum absolute atomic E-state index is 13.0. The van der Waals surface area contributed by atoms with Gasteiger partial charge in [-0.25, -0.2) is 9.37 Å². The van der Waals surface area contributed by atoms with Gasteiger partial charge in [-0.1, -0.05) is 32.0 Å². The zero-order chi connectivity index (χ0) is 19.8. The first kappa shape index (κ1) is 20.6. The molecule has 0 radical (unpaired) electrons. The molecule has 0 bridgehead atoms. The summed E-state index contributed by atoms with van der Waals surface area (Å²) in [7, 11) is 0. The van der Waals surface area contributed by atoms with Crippen molar-refractivity contribution in [3.8, 4) is 0 Å². The van der Waals surface area contributed by atoms with Crippen LogP contribution in [0.2, 0.25) is 0 Å². The highest BCUT2D eigenvalue weighted by atomic mass is 32.2. The molecular formula is C18H21FN4O3S. The molecule has 27 heavy (non-hydrogen) atoms. The fourth-order valence-corrected chi connectivity index (χ4v) is 2.99. The minimum atomic E-state index is -0.610. The summed E-state index contributed by atoms with van der Waals surface area (Å²) in [6, 6.07) is 4.88. The number of unbranched alkanes of at least 4 members (excludes halogenated alkanes) is 1. The number of carbonyl (C=O) groups excluding carboxylic acids is 2. The fraction of sp³-hybridized carbons (Fsp3) is 0.333. The van der Waals surface area contributed by atoms with Crippen molar-refractivity contribution < 1.29 is 14.0 Å². The average molecular weight is 392 g/mol. The Morgan fingerprint density at radius 2 is 1.89 bits per heavy atom. The predicted octanol–water partition coefficient (Wildman–Crippen LogP) is 3.40. The normalized spacial score (nSPS) is 10.5. The first-order valence-corrected chi connectivity index (χ1v) is 9.57. The molecule has 0 aliphatic heterocycles. The summed E-state index contributed by atoms with van der Waals surface area (Å²) in [5.41, 5.74) is -0.568. The second-order valence-corrected chi connectivity index (χ2v) is 6.74. The number of rotatable bonds is 8. The van der Waals surface area contributed by atoms with Crippen LogP contribution in [0.25, 0.3) is 0 Å². The average Bonchev–Trinajstić information content (AvgIpc) is 2.65. The van der Waals surface area contributed by atoms with Crippen molar-refractivity contribution in [3.63, 3.8) is 0 Å². The van der Waals surface area contributed by atoms with Gasteiger partial charge >= 0.3 is 0 Å². The molecule has 2 aromatic rings. The number of nitrogens with one attached hydrogen (secondary N) is 3. The van der Waals surface area contributed by atoms with Gasteiger partial charge in [0.1, 0.15) is 5.82 Å². The number of amides is 2. The van der Waals surface area contributed by atoms with Crippen LogP contribution >= 0.6 is 11.8 Å². The SMILES string of the molecule is CCCCSc1nc(NC(=O)CC)c(NC(=O)c2ccc(F)cc2)c(=O)[nH]1. The van der Waals surface area contributed by atoms with Crippen molar-refractivity contribution in [1.82, 2.24) is 9.97 Å². The monoisotopic (exact) mass is 392 g/mol. The Kier molecular flexibility index (Phi) is 7.54. The number of nitrogens with zero attached hydrogens (tertiary/aromatic N) is 1. The van der Waals surface area contributed by atoms with E-state index in [1.54, 1.807) is 6.92 Å². The summed E-state index contributed by atoms with van der Waals surface area (Å²) in [5, 5.41) is 5.35. The number of carbonyl (C=O) groups is 2. The maximum Gasteiger partial charge on any atom is 0.277 e. The smallest absolute Gasteiger partial charge is 0.277 e. The Morgan fingerprint density at radius 1 is 1.19 bits per heavy atom. The third-order valence-corrected chi connectivity index (χ3v) is 4.52. The maximum atomic E-state index is 13.0. The number of halogens is 1. The van der Waals surface area contributed by atoms with E-state index in [1.807, 2.05) is 0 Å². The molecule has 1 aromatic carbocycles. The molecule has 2 amide bonds. The quantitative estimate of drug-likeness (QED) is 0.363. The molecule has 9 heteroatoms. The summed E-state index contributed by atoms with van der Waals surface area (Å²) in [5.74, 6) is -0.673. The van der Waals surface area contributed by atoms with Crippen molar-refractivity contribution in [2.24, 2.45) is 0 Å². The molecule has 0 unspecified atom stereocenters. The summed E-state index contributed by atoms with van der Waals surface area (Å²) in [6.07, 6.45) is 2.15. The number of hydrogen-bond donors (Lipinski definition) is 3. The number of H-pyrrole nitrogens is 1. The van der Waals surface area contributed by atoms with Crippen LogP contribution in [0.4, 0.5) is 15.9 Å². The molecular weight excluding hydrogens is 371 g/mol. The van der Waals surface area contributed by atoms with E-state index in [0.717, 1.165) is 30.7 Å². The lowest BCUT2D eigenvalue weighted by Gasteiger charge is -2.12. The van der Waals surface area contributed by atoms with Crippen LogP contribution in [0.5, 0.6) is 0 Å². The van der Waals surface area contributed by atoms with Crippen LogP contribution in [0.15, 0.2) is 34.2 Å². The Bertz CT molecular complexity index is 868. The zero-order valence-electron chi connectivity index (χ0n) is 15.1. The highest BCUT2D eigenvalue weighted by Crippen LogP contribution is 2.21. The van der Waals surface area contributed by atoms with Gasteiger partial charge in [0.25, 0.3) is 11.5 Å². The second kappa shape index (κ2) is 9.86. The van der Waals surface area contributed by atoms with E-state index in [-0.39, 0.29) is 29.4 Å². The number of hydrogen-bond acceptors (Lipinski definition) is 5. The Balaban J connectivity index is 2.31. The molecule has 0 fully saturated rings. The van der Waals surface area contributed by atoms with Gasteiger partial charge in [-0.3, -0.25) is 19.4 Å². The van der Waals surface area contributed by atoms with Crippen LogP contribution in [-0.4, -0.2) is 27.5 Å². The van der Waals surface area contributed by atoms with Crippen LogP contribution in [-0.2, 0) is 4.79 Å². The fourth-order valence-electron chi connectivity index (χ4n) is 2.05. The lowest BCUT2D eigenvalue weighted by Crippen LogP contribution is -2.25.